The van der Waals surface area contributed by atoms with E-state index in [9.17, 15) is 5.11 Å². The van der Waals surface area contributed by atoms with Gasteiger partial charge in [0.15, 0.2) is 0 Å². The van der Waals surface area contributed by atoms with Crippen LogP contribution < -0.4 is 0 Å². The molecule has 0 spiro atoms. The van der Waals surface area contributed by atoms with Gasteiger partial charge in [-0.3, -0.25) is 0 Å². The van der Waals surface area contributed by atoms with Gasteiger partial charge < -0.3 is 10.2 Å². The summed E-state index contributed by atoms with van der Waals surface area (Å²) in [5, 5.41) is 19.4. The molecule has 0 atom stereocenters. The number of aliphatic hydroxyl groups excluding tert-OH is 1. The van der Waals surface area contributed by atoms with Crippen molar-refractivity contribution < 1.29 is 10.2 Å². The Morgan fingerprint density at radius 3 is 2.57 bits per heavy atom. The predicted octanol–water partition coefficient (Wildman–Crippen LogP) is 4.18. The first-order chi connectivity index (χ1) is 10.1. The molecule has 0 radical (unpaired) electrons. The standard InChI is InChI=1S/C19H22O2/c1-4-8-15(3)14-17(11-7-13-20)18-12-6-10-16(9-5-2)19(18)21/h4-7,10-12,14,20-21H,1-3,8-9,13H2/b11-7-,17-14+. The number of hydrogen-bond donors (Lipinski definition) is 2. The van der Waals surface area contributed by atoms with Crippen molar-refractivity contribution in [2.24, 2.45) is 0 Å². The first kappa shape index (κ1) is 16.7. The molecular weight excluding hydrogens is 260 g/mol. The van der Waals surface area contributed by atoms with Crippen LogP contribution in [-0.2, 0) is 6.42 Å². The van der Waals surface area contributed by atoms with Gasteiger partial charge in [-0.15, -0.1) is 13.2 Å². The van der Waals surface area contributed by atoms with E-state index in [0.717, 1.165) is 16.7 Å². The molecule has 1 aromatic rings. The van der Waals surface area contributed by atoms with E-state index in [2.05, 4.69) is 19.7 Å². The van der Waals surface area contributed by atoms with E-state index < -0.39 is 0 Å². The van der Waals surface area contributed by atoms with Gasteiger partial charge in [-0.25, -0.2) is 0 Å². The second-order valence-electron chi connectivity index (χ2n) is 4.64. The number of benzene rings is 1. The van der Waals surface area contributed by atoms with E-state index >= 15 is 0 Å². The van der Waals surface area contributed by atoms with Crippen molar-refractivity contribution in [2.75, 3.05) is 6.61 Å². The Labute approximate surface area is 126 Å². The van der Waals surface area contributed by atoms with Crippen molar-refractivity contribution >= 4 is 5.57 Å². The maximum Gasteiger partial charge on any atom is 0.126 e. The molecule has 2 heteroatoms. The highest BCUT2D eigenvalue weighted by atomic mass is 16.3. The highest BCUT2D eigenvalue weighted by molar-refractivity contribution is 5.80. The van der Waals surface area contributed by atoms with E-state index in [1.54, 1.807) is 24.3 Å². The average Bonchev–Trinajstić information content (AvgIpc) is 2.46. The fourth-order valence-electron chi connectivity index (χ4n) is 2.00. The third-order valence-corrected chi connectivity index (χ3v) is 2.96. The number of aromatic hydroxyl groups is 1. The molecule has 0 aliphatic carbocycles. The maximum atomic E-state index is 10.4. The molecule has 0 saturated carbocycles. The van der Waals surface area contributed by atoms with E-state index in [1.165, 1.54) is 0 Å². The van der Waals surface area contributed by atoms with Crippen LogP contribution in [0.15, 0.2) is 73.9 Å². The SMILES string of the molecule is C=CCC(=C)/C=C(\C=C/CO)c1cccc(CC=C)c1O. The van der Waals surface area contributed by atoms with Crippen molar-refractivity contribution in [2.45, 2.75) is 12.8 Å². The lowest BCUT2D eigenvalue weighted by Gasteiger charge is -2.10. The maximum absolute atomic E-state index is 10.4. The molecule has 21 heavy (non-hydrogen) atoms. The number of para-hydroxylation sites is 1. The van der Waals surface area contributed by atoms with Crippen LogP contribution >= 0.6 is 0 Å². The zero-order chi connectivity index (χ0) is 15.7. The zero-order valence-electron chi connectivity index (χ0n) is 12.3. The molecule has 0 unspecified atom stereocenters. The molecular formula is C19H22O2. The topological polar surface area (TPSA) is 40.5 Å². The third kappa shape index (κ3) is 4.93. The van der Waals surface area contributed by atoms with E-state index in [4.69, 9.17) is 5.11 Å². The lowest BCUT2D eigenvalue weighted by atomic mass is 9.97. The summed E-state index contributed by atoms with van der Waals surface area (Å²) in [6, 6.07) is 5.61. The van der Waals surface area contributed by atoms with Gasteiger partial charge in [-0.2, -0.15) is 0 Å². The molecule has 0 amide bonds. The van der Waals surface area contributed by atoms with Gasteiger partial charge in [0.2, 0.25) is 0 Å². The minimum Gasteiger partial charge on any atom is -0.507 e. The number of hydrogen-bond acceptors (Lipinski definition) is 2. The zero-order valence-corrected chi connectivity index (χ0v) is 12.3. The molecule has 0 bridgehead atoms. The minimum atomic E-state index is -0.0572. The van der Waals surface area contributed by atoms with Gasteiger partial charge in [0.25, 0.3) is 0 Å². The molecule has 0 aliphatic rings. The number of aliphatic hydroxyl groups is 1. The summed E-state index contributed by atoms with van der Waals surface area (Å²) in [7, 11) is 0. The van der Waals surface area contributed by atoms with Crippen LogP contribution in [0.1, 0.15) is 17.5 Å². The summed E-state index contributed by atoms with van der Waals surface area (Å²) in [4.78, 5) is 0. The number of phenols is 1. The summed E-state index contributed by atoms with van der Waals surface area (Å²) >= 11 is 0. The van der Waals surface area contributed by atoms with E-state index in [0.29, 0.717) is 18.4 Å². The molecule has 110 valence electrons. The highest BCUT2D eigenvalue weighted by Gasteiger charge is 2.09. The fourth-order valence-corrected chi connectivity index (χ4v) is 2.00. The largest absolute Gasteiger partial charge is 0.507 e. The minimum absolute atomic E-state index is 0.0572. The fraction of sp³-hybridized carbons (Fsp3) is 0.158. The van der Waals surface area contributed by atoms with Crippen molar-refractivity contribution in [1.82, 2.24) is 0 Å². The number of phenolic OH excluding ortho intramolecular Hbond substituents is 1. The molecule has 2 N–H and O–H groups in total. The van der Waals surface area contributed by atoms with Crippen LogP contribution in [0, 0.1) is 0 Å². The molecule has 0 fully saturated rings. The molecule has 0 aliphatic heterocycles. The summed E-state index contributed by atoms with van der Waals surface area (Å²) in [6.45, 7) is 11.3. The van der Waals surface area contributed by atoms with Crippen molar-refractivity contribution in [3.8, 4) is 5.75 Å². The average molecular weight is 282 g/mol. The van der Waals surface area contributed by atoms with Gasteiger partial charge in [0.05, 0.1) is 6.61 Å². The number of rotatable bonds is 8. The second kappa shape index (κ2) is 8.77. The third-order valence-electron chi connectivity index (χ3n) is 2.96. The first-order valence-corrected chi connectivity index (χ1v) is 6.84. The van der Waals surface area contributed by atoms with Gasteiger partial charge in [0, 0.05) is 5.56 Å². The Hall–Kier alpha value is -2.32. The van der Waals surface area contributed by atoms with Crippen molar-refractivity contribution in [3.63, 3.8) is 0 Å². The van der Waals surface area contributed by atoms with Crippen LogP contribution in [0.3, 0.4) is 0 Å². The lowest BCUT2D eigenvalue weighted by Crippen LogP contribution is -1.90. The van der Waals surface area contributed by atoms with Gasteiger partial charge in [-0.05, 0) is 24.0 Å². The Kier molecular flexibility index (Phi) is 6.99. The molecule has 0 heterocycles. The summed E-state index contributed by atoms with van der Waals surface area (Å²) in [5.74, 6) is 0.234. The number of allylic oxidation sites excluding steroid dienone is 6. The molecule has 2 nitrogen and oxygen atoms in total. The summed E-state index contributed by atoms with van der Waals surface area (Å²) < 4.78 is 0. The Morgan fingerprint density at radius 1 is 1.19 bits per heavy atom. The highest BCUT2D eigenvalue weighted by Crippen LogP contribution is 2.31. The van der Waals surface area contributed by atoms with E-state index in [1.807, 2.05) is 24.3 Å². The van der Waals surface area contributed by atoms with Gasteiger partial charge >= 0.3 is 0 Å². The Balaban J connectivity index is 3.29. The van der Waals surface area contributed by atoms with Crippen LogP contribution in [0.2, 0.25) is 0 Å². The molecule has 0 aromatic heterocycles. The van der Waals surface area contributed by atoms with Gasteiger partial charge in [-0.1, -0.05) is 60.7 Å². The van der Waals surface area contributed by atoms with Crippen LogP contribution in [0.25, 0.3) is 5.57 Å². The Bertz CT molecular complexity index is 577. The predicted molar refractivity (Wildman–Crippen MR) is 90.2 cm³/mol. The normalized spacial score (nSPS) is 11.6. The van der Waals surface area contributed by atoms with Crippen LogP contribution in [0.5, 0.6) is 5.75 Å². The van der Waals surface area contributed by atoms with Gasteiger partial charge in [0.1, 0.15) is 5.75 Å². The Morgan fingerprint density at radius 2 is 1.95 bits per heavy atom. The van der Waals surface area contributed by atoms with Crippen LogP contribution in [-0.4, -0.2) is 16.8 Å². The molecule has 1 rings (SSSR count). The van der Waals surface area contributed by atoms with E-state index in [-0.39, 0.29) is 12.4 Å². The van der Waals surface area contributed by atoms with Crippen molar-refractivity contribution in [3.05, 3.63) is 85.0 Å². The van der Waals surface area contributed by atoms with Crippen molar-refractivity contribution in [1.29, 1.82) is 0 Å². The monoisotopic (exact) mass is 282 g/mol. The second-order valence-corrected chi connectivity index (χ2v) is 4.64. The quantitative estimate of drug-likeness (QED) is 0.554. The first-order valence-electron chi connectivity index (χ1n) is 6.84. The molecule has 1 aromatic carbocycles. The summed E-state index contributed by atoms with van der Waals surface area (Å²) in [5.41, 5.74) is 3.22. The lowest BCUT2D eigenvalue weighted by molar-refractivity contribution is 0.343. The van der Waals surface area contributed by atoms with Crippen LogP contribution in [0.4, 0.5) is 0 Å². The smallest absolute Gasteiger partial charge is 0.126 e. The summed E-state index contributed by atoms with van der Waals surface area (Å²) in [6.07, 6.45) is 10.1. The molecule has 0 saturated heterocycles.